The van der Waals surface area contributed by atoms with Crippen molar-refractivity contribution in [2.45, 2.75) is 19.4 Å². The van der Waals surface area contributed by atoms with E-state index in [1.165, 1.54) is 0 Å². The first kappa shape index (κ1) is 13.3. The predicted octanol–water partition coefficient (Wildman–Crippen LogP) is 2.42. The Kier molecular flexibility index (Phi) is 4.19. The molecule has 3 nitrogen and oxygen atoms in total. The third kappa shape index (κ3) is 3.00. The number of aliphatic hydroxyl groups is 1. The Morgan fingerprint density at radius 2 is 2.28 bits per heavy atom. The van der Waals surface area contributed by atoms with Crippen molar-refractivity contribution in [2.24, 2.45) is 5.92 Å². The molecule has 2 N–H and O–H groups in total. The molecule has 0 aliphatic heterocycles. The molecule has 96 valence electrons. The number of hydrogen-bond donors (Lipinski definition) is 2. The first-order valence-corrected chi connectivity index (χ1v) is 6.75. The SMILES string of the molecule is Cc1ccc(C(=O)N[C@@H]2C=C[C@H](CO)C2)c(Br)c1. The van der Waals surface area contributed by atoms with Crippen LogP contribution in [-0.4, -0.2) is 23.7 Å². The van der Waals surface area contributed by atoms with Crippen LogP contribution in [0.15, 0.2) is 34.8 Å². The van der Waals surface area contributed by atoms with Crippen molar-refractivity contribution in [3.63, 3.8) is 0 Å². The van der Waals surface area contributed by atoms with Gasteiger partial charge in [0.15, 0.2) is 0 Å². The van der Waals surface area contributed by atoms with Crippen LogP contribution in [0, 0.1) is 12.8 Å². The molecule has 18 heavy (non-hydrogen) atoms. The first-order valence-electron chi connectivity index (χ1n) is 5.96. The summed E-state index contributed by atoms with van der Waals surface area (Å²) >= 11 is 3.40. The van der Waals surface area contributed by atoms with Gasteiger partial charge in [0.25, 0.3) is 5.91 Å². The van der Waals surface area contributed by atoms with E-state index >= 15 is 0 Å². The fraction of sp³-hybridized carbons (Fsp3) is 0.357. The van der Waals surface area contributed by atoms with Crippen molar-refractivity contribution in [1.82, 2.24) is 5.32 Å². The van der Waals surface area contributed by atoms with Crippen LogP contribution in [0.4, 0.5) is 0 Å². The molecule has 1 aliphatic carbocycles. The first-order chi connectivity index (χ1) is 8.60. The largest absolute Gasteiger partial charge is 0.396 e. The van der Waals surface area contributed by atoms with Gasteiger partial charge in [-0.15, -0.1) is 0 Å². The summed E-state index contributed by atoms with van der Waals surface area (Å²) in [5.41, 5.74) is 1.75. The molecule has 0 aromatic heterocycles. The quantitative estimate of drug-likeness (QED) is 0.843. The van der Waals surface area contributed by atoms with Crippen LogP contribution in [0.25, 0.3) is 0 Å². The van der Waals surface area contributed by atoms with Crippen LogP contribution in [0.5, 0.6) is 0 Å². The fourth-order valence-corrected chi connectivity index (χ4v) is 2.74. The number of aryl methyl sites for hydroxylation is 1. The summed E-state index contributed by atoms with van der Waals surface area (Å²) in [5, 5.41) is 12.0. The van der Waals surface area contributed by atoms with Gasteiger partial charge in [0, 0.05) is 23.0 Å². The Hall–Kier alpha value is -1.13. The number of carbonyl (C=O) groups excluding carboxylic acids is 1. The number of benzene rings is 1. The molecule has 0 heterocycles. The minimum absolute atomic E-state index is 0.0165. The Morgan fingerprint density at radius 1 is 1.50 bits per heavy atom. The number of nitrogens with one attached hydrogen (secondary N) is 1. The maximum atomic E-state index is 12.1. The molecule has 1 aromatic carbocycles. The summed E-state index contributed by atoms with van der Waals surface area (Å²) in [6.07, 6.45) is 4.67. The second-order valence-corrected chi connectivity index (χ2v) is 5.48. The van der Waals surface area contributed by atoms with Gasteiger partial charge in [-0.05, 0) is 47.0 Å². The molecule has 0 spiro atoms. The number of aliphatic hydroxyl groups excluding tert-OH is 1. The van der Waals surface area contributed by atoms with Gasteiger partial charge in [-0.1, -0.05) is 18.2 Å². The highest BCUT2D eigenvalue weighted by Crippen LogP contribution is 2.21. The third-order valence-corrected chi connectivity index (χ3v) is 3.75. The summed E-state index contributed by atoms with van der Waals surface area (Å²) in [6, 6.07) is 5.68. The van der Waals surface area contributed by atoms with Crippen LogP contribution >= 0.6 is 15.9 Å². The average Bonchev–Trinajstić information content (AvgIpc) is 2.76. The van der Waals surface area contributed by atoms with Gasteiger partial charge >= 0.3 is 0 Å². The summed E-state index contributed by atoms with van der Waals surface area (Å²) < 4.78 is 0.806. The predicted molar refractivity (Wildman–Crippen MR) is 74.5 cm³/mol. The van der Waals surface area contributed by atoms with E-state index in [0.717, 1.165) is 16.5 Å². The second kappa shape index (κ2) is 5.67. The summed E-state index contributed by atoms with van der Waals surface area (Å²) in [7, 11) is 0. The third-order valence-electron chi connectivity index (χ3n) is 3.09. The van der Waals surface area contributed by atoms with Crippen molar-refractivity contribution >= 4 is 21.8 Å². The summed E-state index contributed by atoms with van der Waals surface area (Å²) in [6.45, 7) is 2.12. The zero-order chi connectivity index (χ0) is 13.1. The van der Waals surface area contributed by atoms with Crippen molar-refractivity contribution in [2.75, 3.05) is 6.61 Å². The van der Waals surface area contributed by atoms with E-state index in [1.807, 2.05) is 37.3 Å². The highest BCUT2D eigenvalue weighted by atomic mass is 79.9. The second-order valence-electron chi connectivity index (χ2n) is 4.63. The zero-order valence-electron chi connectivity index (χ0n) is 10.2. The normalized spacial score (nSPS) is 22.2. The number of halogens is 1. The lowest BCUT2D eigenvalue weighted by Gasteiger charge is -2.13. The maximum absolute atomic E-state index is 12.1. The Morgan fingerprint density at radius 3 is 2.89 bits per heavy atom. The molecule has 0 saturated heterocycles. The topological polar surface area (TPSA) is 49.3 Å². The minimum atomic E-state index is -0.0879. The molecule has 1 amide bonds. The van der Waals surface area contributed by atoms with Gasteiger partial charge < -0.3 is 10.4 Å². The van der Waals surface area contributed by atoms with Gasteiger partial charge in [0.1, 0.15) is 0 Å². The van der Waals surface area contributed by atoms with Gasteiger partial charge in [0.05, 0.1) is 5.56 Å². The van der Waals surface area contributed by atoms with Gasteiger partial charge in [-0.2, -0.15) is 0 Å². The van der Waals surface area contributed by atoms with Crippen LogP contribution in [0.1, 0.15) is 22.3 Å². The zero-order valence-corrected chi connectivity index (χ0v) is 11.8. The number of hydrogen-bond acceptors (Lipinski definition) is 2. The summed E-state index contributed by atoms with van der Waals surface area (Å²) in [5.74, 6) is 0.0758. The fourth-order valence-electron chi connectivity index (χ4n) is 2.07. The molecule has 1 aliphatic rings. The van der Waals surface area contributed by atoms with E-state index in [0.29, 0.717) is 5.56 Å². The molecule has 4 heteroatoms. The Balaban J connectivity index is 2.02. The molecule has 2 atom stereocenters. The number of rotatable bonds is 3. The number of amides is 1. The molecule has 0 saturated carbocycles. The minimum Gasteiger partial charge on any atom is -0.396 e. The van der Waals surface area contributed by atoms with Crippen molar-refractivity contribution in [3.8, 4) is 0 Å². The molecule has 2 rings (SSSR count). The van der Waals surface area contributed by atoms with Gasteiger partial charge in [-0.3, -0.25) is 4.79 Å². The molecular weight excluding hydrogens is 294 g/mol. The highest BCUT2D eigenvalue weighted by molar-refractivity contribution is 9.10. The molecule has 0 unspecified atom stereocenters. The van der Waals surface area contributed by atoms with E-state index in [2.05, 4.69) is 21.2 Å². The van der Waals surface area contributed by atoms with Crippen LogP contribution in [-0.2, 0) is 0 Å². The van der Waals surface area contributed by atoms with Gasteiger partial charge in [-0.25, -0.2) is 0 Å². The molecule has 0 bridgehead atoms. The highest BCUT2D eigenvalue weighted by Gasteiger charge is 2.21. The van der Waals surface area contributed by atoms with E-state index in [9.17, 15) is 4.79 Å². The van der Waals surface area contributed by atoms with Gasteiger partial charge in [0.2, 0.25) is 0 Å². The smallest absolute Gasteiger partial charge is 0.252 e. The standard InChI is InChI=1S/C14H16BrNO2/c1-9-2-5-12(13(15)6-9)14(18)16-11-4-3-10(7-11)8-17/h2-6,10-11,17H,7-8H2,1H3,(H,16,18)/t10-,11+/m0/s1. The van der Waals surface area contributed by atoms with E-state index in [1.54, 1.807) is 0 Å². The monoisotopic (exact) mass is 309 g/mol. The van der Waals surface area contributed by atoms with Crippen LogP contribution in [0.3, 0.4) is 0 Å². The van der Waals surface area contributed by atoms with Crippen molar-refractivity contribution < 1.29 is 9.90 Å². The molecule has 0 fully saturated rings. The lowest BCUT2D eigenvalue weighted by Crippen LogP contribution is -2.33. The molecular formula is C14H16BrNO2. The summed E-state index contributed by atoms with van der Waals surface area (Å²) in [4.78, 5) is 12.1. The maximum Gasteiger partial charge on any atom is 0.252 e. The lowest BCUT2D eigenvalue weighted by molar-refractivity contribution is 0.0940. The van der Waals surface area contributed by atoms with E-state index in [-0.39, 0.29) is 24.5 Å². The van der Waals surface area contributed by atoms with Crippen molar-refractivity contribution in [1.29, 1.82) is 0 Å². The lowest BCUT2D eigenvalue weighted by atomic mass is 10.1. The molecule has 1 aromatic rings. The van der Waals surface area contributed by atoms with E-state index in [4.69, 9.17) is 5.11 Å². The Labute approximate surface area is 115 Å². The van der Waals surface area contributed by atoms with E-state index < -0.39 is 0 Å². The average molecular weight is 310 g/mol. The molecule has 0 radical (unpaired) electrons. The van der Waals surface area contributed by atoms with Crippen LogP contribution < -0.4 is 5.32 Å². The van der Waals surface area contributed by atoms with Crippen LogP contribution in [0.2, 0.25) is 0 Å². The number of carbonyl (C=O) groups is 1. The Bertz CT molecular complexity index is 485. The van der Waals surface area contributed by atoms with Crippen molar-refractivity contribution in [3.05, 3.63) is 46.0 Å².